The van der Waals surface area contributed by atoms with Crippen LogP contribution in [0, 0.1) is 0 Å². The zero-order valence-electron chi connectivity index (χ0n) is 18.8. The maximum atomic E-state index is 11.6. The van der Waals surface area contributed by atoms with E-state index in [0.717, 1.165) is 16.7 Å². The molecular formula is C25H33BrO4. The zero-order valence-corrected chi connectivity index (χ0v) is 20.4. The molecule has 0 radical (unpaired) electrons. The Labute approximate surface area is 189 Å². The fourth-order valence-electron chi connectivity index (χ4n) is 2.44. The minimum absolute atomic E-state index is 0.328. The first kappa shape index (κ1) is 27.8. The zero-order chi connectivity index (χ0) is 22.9. The Balaban J connectivity index is 0.000000521. The van der Waals surface area contributed by atoms with Crippen LogP contribution in [0.4, 0.5) is 0 Å². The largest absolute Gasteiger partial charge is 0.465 e. The number of allylic oxidation sites excluding steroid dienone is 2. The molecule has 0 heterocycles. The van der Waals surface area contributed by atoms with Crippen molar-refractivity contribution in [1.82, 2.24) is 0 Å². The van der Waals surface area contributed by atoms with Crippen LogP contribution in [-0.4, -0.2) is 39.2 Å². The summed E-state index contributed by atoms with van der Waals surface area (Å²) in [6.07, 6.45) is 1.75. The van der Waals surface area contributed by atoms with E-state index in [1.807, 2.05) is 49.4 Å². The van der Waals surface area contributed by atoms with Crippen molar-refractivity contribution in [3.8, 4) is 0 Å². The number of halogens is 1. The predicted molar refractivity (Wildman–Crippen MR) is 130 cm³/mol. The van der Waals surface area contributed by atoms with Crippen LogP contribution in [0.3, 0.4) is 0 Å². The van der Waals surface area contributed by atoms with Crippen molar-refractivity contribution >= 4 is 33.0 Å². The number of esters is 1. The minimum atomic E-state index is -0.328. The minimum Gasteiger partial charge on any atom is -0.465 e. The van der Waals surface area contributed by atoms with Gasteiger partial charge in [0.2, 0.25) is 0 Å². The monoisotopic (exact) mass is 476 g/mol. The van der Waals surface area contributed by atoms with Crippen LogP contribution in [0.2, 0.25) is 0 Å². The van der Waals surface area contributed by atoms with E-state index in [1.165, 1.54) is 12.7 Å². The maximum Gasteiger partial charge on any atom is 0.338 e. The molecule has 2 aromatic carbocycles. The SMILES string of the molecule is C/C=C(/C(=O)OC)c1ccccc1COC.C=C(c1ccccc1)C(C)Br.COC. The molecule has 0 aliphatic rings. The van der Waals surface area contributed by atoms with E-state index in [0.29, 0.717) is 17.0 Å². The lowest BCUT2D eigenvalue weighted by atomic mass is 10.00. The summed E-state index contributed by atoms with van der Waals surface area (Å²) in [4.78, 5) is 11.9. The highest BCUT2D eigenvalue weighted by Crippen LogP contribution is 2.21. The van der Waals surface area contributed by atoms with Gasteiger partial charge >= 0.3 is 5.97 Å². The summed E-state index contributed by atoms with van der Waals surface area (Å²) in [5, 5.41) is 0. The summed E-state index contributed by atoms with van der Waals surface area (Å²) >= 11 is 3.48. The van der Waals surface area contributed by atoms with Gasteiger partial charge in [0.1, 0.15) is 0 Å². The Morgan fingerprint density at radius 2 is 1.57 bits per heavy atom. The molecule has 2 aromatic rings. The first-order valence-electron chi connectivity index (χ1n) is 9.48. The van der Waals surface area contributed by atoms with E-state index in [2.05, 4.69) is 46.3 Å². The molecule has 0 N–H and O–H groups in total. The van der Waals surface area contributed by atoms with Crippen molar-refractivity contribution in [3.63, 3.8) is 0 Å². The Kier molecular flexibility index (Phi) is 15.4. The molecule has 2 rings (SSSR count). The number of alkyl halides is 1. The van der Waals surface area contributed by atoms with Gasteiger partial charge in [-0.05, 0) is 36.1 Å². The molecule has 0 fully saturated rings. The lowest BCUT2D eigenvalue weighted by molar-refractivity contribution is -0.133. The first-order chi connectivity index (χ1) is 14.4. The second kappa shape index (κ2) is 16.6. The van der Waals surface area contributed by atoms with Crippen LogP contribution in [0.1, 0.15) is 30.5 Å². The van der Waals surface area contributed by atoms with Gasteiger partial charge < -0.3 is 14.2 Å². The second-order valence-corrected chi connectivity index (χ2v) is 7.57. The number of carbonyl (C=O) groups excluding carboxylic acids is 1. The number of hydrogen-bond donors (Lipinski definition) is 0. The van der Waals surface area contributed by atoms with Crippen LogP contribution in [0.15, 0.2) is 67.3 Å². The summed E-state index contributed by atoms with van der Waals surface area (Å²) in [6.45, 7) is 8.35. The van der Waals surface area contributed by atoms with Crippen LogP contribution < -0.4 is 0 Å². The summed E-state index contributed by atoms with van der Waals surface area (Å²) in [5.41, 5.74) is 4.74. The summed E-state index contributed by atoms with van der Waals surface area (Å²) in [6, 6.07) is 17.8. The van der Waals surface area contributed by atoms with Gasteiger partial charge in [0.25, 0.3) is 0 Å². The molecule has 4 nitrogen and oxygen atoms in total. The van der Waals surface area contributed by atoms with Gasteiger partial charge in [-0.2, -0.15) is 0 Å². The number of benzene rings is 2. The van der Waals surface area contributed by atoms with Crippen molar-refractivity contribution in [2.24, 2.45) is 0 Å². The third kappa shape index (κ3) is 10.0. The molecule has 0 bridgehead atoms. The molecule has 164 valence electrons. The quantitative estimate of drug-likeness (QED) is 0.284. The first-order valence-corrected chi connectivity index (χ1v) is 10.4. The van der Waals surface area contributed by atoms with Gasteiger partial charge in [-0.25, -0.2) is 4.79 Å². The van der Waals surface area contributed by atoms with Crippen molar-refractivity contribution in [1.29, 1.82) is 0 Å². The van der Waals surface area contributed by atoms with Crippen LogP contribution in [-0.2, 0) is 25.6 Å². The second-order valence-electron chi connectivity index (χ2n) is 6.20. The molecule has 0 aliphatic carbocycles. The number of rotatable bonds is 6. The number of methoxy groups -OCH3 is 3. The van der Waals surface area contributed by atoms with Gasteiger partial charge in [0.05, 0.1) is 19.3 Å². The van der Waals surface area contributed by atoms with E-state index < -0.39 is 0 Å². The number of hydrogen-bond acceptors (Lipinski definition) is 4. The Morgan fingerprint density at radius 1 is 1.03 bits per heavy atom. The topological polar surface area (TPSA) is 44.8 Å². The van der Waals surface area contributed by atoms with Crippen LogP contribution in [0.5, 0.6) is 0 Å². The molecule has 0 spiro atoms. The smallest absolute Gasteiger partial charge is 0.338 e. The molecule has 0 amide bonds. The van der Waals surface area contributed by atoms with Crippen molar-refractivity contribution in [3.05, 3.63) is 83.9 Å². The molecule has 0 saturated carbocycles. The third-order valence-corrected chi connectivity index (χ3v) is 4.48. The average Bonchev–Trinajstić information content (AvgIpc) is 2.76. The summed E-state index contributed by atoms with van der Waals surface area (Å²) < 4.78 is 14.1. The summed E-state index contributed by atoms with van der Waals surface area (Å²) in [7, 11) is 6.26. The standard InChI is InChI=1S/C13H16O3.C10H11Br.C2H6O/c1-4-11(13(14)16-3)12-8-6-5-7-10(12)9-15-2;1-8(9(2)11)10-6-4-3-5-7-10;1-3-2/h4-8H,9H2,1-3H3;3-7,9H,1H2,2H3;1-2H3/b11-4+;;. The number of ether oxygens (including phenoxy) is 3. The van der Waals surface area contributed by atoms with Gasteiger partial charge in [0.15, 0.2) is 0 Å². The highest BCUT2D eigenvalue weighted by Gasteiger charge is 2.14. The fourth-order valence-corrected chi connectivity index (χ4v) is 2.70. The molecule has 1 unspecified atom stereocenters. The van der Waals surface area contributed by atoms with E-state index in [9.17, 15) is 4.79 Å². The highest BCUT2D eigenvalue weighted by atomic mass is 79.9. The van der Waals surface area contributed by atoms with Crippen molar-refractivity contribution in [2.45, 2.75) is 25.3 Å². The molecule has 5 heteroatoms. The molecular weight excluding hydrogens is 444 g/mol. The Hall–Kier alpha value is -2.21. The predicted octanol–water partition coefficient (Wildman–Crippen LogP) is 6.16. The Bertz CT molecular complexity index is 783. The lowest BCUT2D eigenvalue weighted by Crippen LogP contribution is -2.06. The van der Waals surface area contributed by atoms with Gasteiger partial charge in [-0.1, -0.05) is 83.2 Å². The van der Waals surface area contributed by atoms with E-state index in [-0.39, 0.29) is 5.97 Å². The number of carbonyl (C=O) groups is 1. The molecule has 0 aromatic heterocycles. The van der Waals surface area contributed by atoms with Crippen molar-refractivity contribution < 1.29 is 19.0 Å². The normalized spacial score (nSPS) is 11.2. The molecule has 1 atom stereocenters. The molecule has 0 aliphatic heterocycles. The van der Waals surface area contributed by atoms with Gasteiger partial charge in [0, 0.05) is 26.2 Å². The highest BCUT2D eigenvalue weighted by molar-refractivity contribution is 9.09. The van der Waals surface area contributed by atoms with E-state index in [4.69, 9.17) is 9.47 Å². The lowest BCUT2D eigenvalue weighted by Gasteiger charge is -2.10. The van der Waals surface area contributed by atoms with Gasteiger partial charge in [-0.15, -0.1) is 0 Å². The van der Waals surface area contributed by atoms with Crippen LogP contribution >= 0.6 is 15.9 Å². The van der Waals surface area contributed by atoms with E-state index in [1.54, 1.807) is 27.4 Å². The van der Waals surface area contributed by atoms with Gasteiger partial charge in [-0.3, -0.25) is 0 Å². The van der Waals surface area contributed by atoms with Crippen molar-refractivity contribution in [2.75, 3.05) is 28.4 Å². The third-order valence-electron chi connectivity index (χ3n) is 3.93. The molecule has 30 heavy (non-hydrogen) atoms. The van der Waals surface area contributed by atoms with E-state index >= 15 is 0 Å². The maximum absolute atomic E-state index is 11.6. The average molecular weight is 477 g/mol. The molecule has 0 saturated heterocycles. The Morgan fingerprint density at radius 3 is 2.03 bits per heavy atom. The summed E-state index contributed by atoms with van der Waals surface area (Å²) in [5.74, 6) is -0.328. The fraction of sp³-hybridized carbons (Fsp3) is 0.320. The van der Waals surface area contributed by atoms with Crippen LogP contribution in [0.25, 0.3) is 11.1 Å².